The maximum atomic E-state index is 10.3. The van der Waals surface area contributed by atoms with E-state index in [0.717, 1.165) is 25.2 Å². The summed E-state index contributed by atoms with van der Waals surface area (Å²) in [5.41, 5.74) is 6.77. The molecule has 0 spiro atoms. The van der Waals surface area contributed by atoms with Crippen LogP contribution in [-0.2, 0) is 6.54 Å². The molecule has 1 aromatic carbocycles. The molecule has 20 heavy (non-hydrogen) atoms. The predicted molar refractivity (Wildman–Crippen MR) is 80.0 cm³/mol. The van der Waals surface area contributed by atoms with Crippen molar-refractivity contribution < 1.29 is 9.84 Å². The van der Waals surface area contributed by atoms with Crippen molar-refractivity contribution in [2.45, 2.75) is 19.5 Å². The van der Waals surface area contributed by atoms with Crippen molar-refractivity contribution in [3.05, 3.63) is 23.8 Å². The van der Waals surface area contributed by atoms with Crippen LogP contribution in [0.3, 0.4) is 0 Å². The third kappa shape index (κ3) is 3.42. The maximum absolute atomic E-state index is 10.3. The number of aromatic hydroxyl groups is 1. The van der Waals surface area contributed by atoms with Gasteiger partial charge in [0.2, 0.25) is 0 Å². The van der Waals surface area contributed by atoms with E-state index in [2.05, 4.69) is 16.8 Å². The van der Waals surface area contributed by atoms with E-state index in [1.807, 2.05) is 19.1 Å². The van der Waals surface area contributed by atoms with Gasteiger partial charge >= 0.3 is 0 Å². The van der Waals surface area contributed by atoms with Crippen molar-refractivity contribution in [2.75, 3.05) is 39.8 Å². The molecule has 112 valence electrons. The Labute approximate surface area is 120 Å². The number of nitrogens with zero attached hydrogens (tertiary/aromatic N) is 2. The van der Waals surface area contributed by atoms with Gasteiger partial charge in [0.15, 0.2) is 11.5 Å². The largest absolute Gasteiger partial charge is 0.504 e. The van der Waals surface area contributed by atoms with Gasteiger partial charge in [-0.05, 0) is 20.0 Å². The average Bonchev–Trinajstić information content (AvgIpc) is 2.45. The van der Waals surface area contributed by atoms with Crippen LogP contribution in [-0.4, -0.2) is 60.8 Å². The average molecular weight is 279 g/mol. The van der Waals surface area contributed by atoms with E-state index >= 15 is 0 Å². The van der Waals surface area contributed by atoms with E-state index < -0.39 is 0 Å². The minimum absolute atomic E-state index is 0.254. The molecule has 0 saturated carbocycles. The van der Waals surface area contributed by atoms with Crippen LogP contribution in [0.4, 0.5) is 0 Å². The van der Waals surface area contributed by atoms with E-state index in [9.17, 15) is 5.11 Å². The molecule has 1 unspecified atom stereocenters. The van der Waals surface area contributed by atoms with Gasteiger partial charge in [-0.3, -0.25) is 4.90 Å². The first kappa shape index (κ1) is 15.1. The van der Waals surface area contributed by atoms with Crippen molar-refractivity contribution in [3.8, 4) is 11.5 Å². The highest BCUT2D eigenvalue weighted by atomic mass is 16.5. The van der Waals surface area contributed by atoms with Gasteiger partial charge in [0.1, 0.15) is 0 Å². The van der Waals surface area contributed by atoms with Crippen LogP contribution in [0.5, 0.6) is 11.5 Å². The maximum Gasteiger partial charge on any atom is 0.162 e. The summed E-state index contributed by atoms with van der Waals surface area (Å²) in [5.74, 6) is 0.812. The highest BCUT2D eigenvalue weighted by molar-refractivity contribution is 5.45. The summed E-state index contributed by atoms with van der Waals surface area (Å²) >= 11 is 0. The molecule has 0 aliphatic carbocycles. The van der Waals surface area contributed by atoms with Crippen molar-refractivity contribution in [2.24, 2.45) is 5.73 Å². The molecule has 2 rings (SSSR count). The second kappa shape index (κ2) is 6.92. The summed E-state index contributed by atoms with van der Waals surface area (Å²) in [7, 11) is 2.12. The van der Waals surface area contributed by atoms with Crippen molar-refractivity contribution in [1.82, 2.24) is 9.80 Å². The molecule has 0 bridgehead atoms. The van der Waals surface area contributed by atoms with E-state index in [4.69, 9.17) is 10.5 Å². The summed E-state index contributed by atoms with van der Waals surface area (Å²) in [4.78, 5) is 4.63. The first-order valence-electron chi connectivity index (χ1n) is 7.22. The minimum atomic E-state index is 0.254. The third-order valence-electron chi connectivity index (χ3n) is 3.84. The van der Waals surface area contributed by atoms with E-state index in [0.29, 0.717) is 31.5 Å². The third-order valence-corrected chi connectivity index (χ3v) is 3.84. The number of hydrogen-bond acceptors (Lipinski definition) is 5. The first-order valence-corrected chi connectivity index (χ1v) is 7.22. The van der Waals surface area contributed by atoms with Gasteiger partial charge in [-0.25, -0.2) is 0 Å². The fraction of sp³-hybridized carbons (Fsp3) is 0.600. The molecule has 0 amide bonds. The van der Waals surface area contributed by atoms with Crippen LogP contribution < -0.4 is 10.5 Å². The number of benzene rings is 1. The molecule has 1 aliphatic heterocycles. The number of para-hydroxylation sites is 1. The molecule has 5 heteroatoms. The van der Waals surface area contributed by atoms with Gasteiger partial charge in [0, 0.05) is 44.3 Å². The van der Waals surface area contributed by atoms with Crippen LogP contribution in [0.2, 0.25) is 0 Å². The topological polar surface area (TPSA) is 62.0 Å². The number of nitrogens with two attached hydrogens (primary N) is 1. The van der Waals surface area contributed by atoms with Crippen LogP contribution >= 0.6 is 0 Å². The number of phenols is 1. The Bertz CT molecular complexity index is 439. The number of likely N-dealkylation sites (N-methyl/N-ethyl adjacent to an activating group) is 1. The van der Waals surface area contributed by atoms with Gasteiger partial charge in [-0.15, -0.1) is 0 Å². The first-order chi connectivity index (χ1) is 9.65. The molecule has 0 aromatic heterocycles. The number of piperazine rings is 1. The lowest BCUT2D eigenvalue weighted by molar-refractivity contribution is 0.0872. The molecule has 1 aliphatic rings. The predicted octanol–water partition coefficient (Wildman–Crippen LogP) is 0.866. The number of hydrogen-bond donors (Lipinski definition) is 2. The van der Waals surface area contributed by atoms with Crippen LogP contribution in [0.25, 0.3) is 0 Å². The molecule has 5 nitrogen and oxygen atoms in total. The van der Waals surface area contributed by atoms with Crippen LogP contribution in [0, 0.1) is 0 Å². The summed E-state index contributed by atoms with van der Waals surface area (Å²) in [6.07, 6.45) is 0. The Hall–Kier alpha value is -1.30. The van der Waals surface area contributed by atoms with Gasteiger partial charge < -0.3 is 20.5 Å². The van der Waals surface area contributed by atoms with Gasteiger partial charge in [-0.1, -0.05) is 12.1 Å². The van der Waals surface area contributed by atoms with E-state index in [1.54, 1.807) is 6.07 Å². The zero-order valence-electron chi connectivity index (χ0n) is 12.4. The van der Waals surface area contributed by atoms with Crippen molar-refractivity contribution >= 4 is 0 Å². The quantitative estimate of drug-likeness (QED) is 0.837. The smallest absolute Gasteiger partial charge is 0.162 e. The van der Waals surface area contributed by atoms with Gasteiger partial charge in [0.25, 0.3) is 0 Å². The van der Waals surface area contributed by atoms with Gasteiger partial charge in [0.05, 0.1) is 6.61 Å². The highest BCUT2D eigenvalue weighted by Crippen LogP contribution is 2.31. The Morgan fingerprint density at radius 2 is 2.20 bits per heavy atom. The minimum Gasteiger partial charge on any atom is -0.504 e. The normalized spacial score (nSPS) is 21.1. The molecule has 0 radical (unpaired) electrons. The fourth-order valence-corrected chi connectivity index (χ4v) is 2.67. The molecule has 1 atom stereocenters. The SMILES string of the molecule is CCOc1cccc(CN2CCN(C)CC2CN)c1O. The second-order valence-electron chi connectivity index (χ2n) is 5.32. The zero-order valence-corrected chi connectivity index (χ0v) is 12.4. The number of ether oxygens (including phenoxy) is 1. The summed E-state index contributed by atoms with van der Waals surface area (Å²) in [6, 6.07) is 6.01. The van der Waals surface area contributed by atoms with E-state index in [1.165, 1.54) is 0 Å². The molecule has 1 heterocycles. The van der Waals surface area contributed by atoms with Gasteiger partial charge in [-0.2, -0.15) is 0 Å². The summed E-state index contributed by atoms with van der Waals surface area (Å²) in [6.45, 7) is 6.79. The fourth-order valence-electron chi connectivity index (χ4n) is 2.67. The number of rotatable bonds is 5. The highest BCUT2D eigenvalue weighted by Gasteiger charge is 2.25. The molecular weight excluding hydrogens is 254 g/mol. The standard InChI is InChI=1S/C15H25N3O2/c1-3-20-14-6-4-5-12(15(14)19)10-18-8-7-17(2)11-13(18)9-16/h4-6,13,19H,3,7-11,16H2,1-2H3. The Morgan fingerprint density at radius 3 is 2.90 bits per heavy atom. The molecule has 1 aromatic rings. The van der Waals surface area contributed by atoms with E-state index in [-0.39, 0.29) is 5.75 Å². The summed E-state index contributed by atoms with van der Waals surface area (Å²) in [5, 5.41) is 10.3. The molecule has 1 saturated heterocycles. The lowest BCUT2D eigenvalue weighted by Gasteiger charge is -2.39. The molecule has 1 fully saturated rings. The van der Waals surface area contributed by atoms with Crippen molar-refractivity contribution in [3.63, 3.8) is 0 Å². The second-order valence-corrected chi connectivity index (χ2v) is 5.32. The Balaban J connectivity index is 2.11. The monoisotopic (exact) mass is 279 g/mol. The molecule has 3 N–H and O–H groups in total. The van der Waals surface area contributed by atoms with Crippen LogP contribution in [0.1, 0.15) is 12.5 Å². The summed E-state index contributed by atoms with van der Waals surface area (Å²) < 4.78 is 5.44. The number of phenolic OH excluding ortho intramolecular Hbond substituents is 1. The Morgan fingerprint density at radius 1 is 1.40 bits per heavy atom. The lowest BCUT2D eigenvalue weighted by Crippen LogP contribution is -2.54. The van der Waals surface area contributed by atoms with Crippen LogP contribution in [0.15, 0.2) is 18.2 Å². The lowest BCUT2D eigenvalue weighted by atomic mass is 10.1. The zero-order chi connectivity index (χ0) is 14.5. The van der Waals surface area contributed by atoms with Crippen molar-refractivity contribution in [1.29, 1.82) is 0 Å². The molecular formula is C15H25N3O2. The Kier molecular flexibility index (Phi) is 5.23.